The Morgan fingerprint density at radius 1 is 1.16 bits per heavy atom. The monoisotopic (exact) mass is 264 g/mol. The summed E-state index contributed by atoms with van der Waals surface area (Å²) in [6.45, 7) is 2.72. The fourth-order valence-corrected chi connectivity index (χ4v) is 1.86. The number of hydrogen-bond donors (Lipinski definition) is 2. The SMILES string of the molecule is CC(=O)CC(=O)CC(C)(C(=O)O)c1ccc(O)cc1. The summed E-state index contributed by atoms with van der Waals surface area (Å²) in [4.78, 5) is 34.0. The molecule has 0 aromatic heterocycles. The maximum Gasteiger partial charge on any atom is 0.314 e. The maximum absolute atomic E-state index is 11.7. The van der Waals surface area contributed by atoms with Crippen LogP contribution in [0.4, 0.5) is 0 Å². The van der Waals surface area contributed by atoms with Gasteiger partial charge >= 0.3 is 5.97 Å². The highest BCUT2D eigenvalue weighted by Crippen LogP contribution is 2.30. The van der Waals surface area contributed by atoms with Crippen LogP contribution in [0.25, 0.3) is 0 Å². The molecular formula is C14H16O5. The molecule has 0 aliphatic carbocycles. The van der Waals surface area contributed by atoms with Gasteiger partial charge in [0.2, 0.25) is 0 Å². The zero-order chi connectivity index (χ0) is 14.6. The number of ketones is 2. The molecule has 0 heterocycles. The van der Waals surface area contributed by atoms with Crippen LogP contribution in [-0.2, 0) is 19.8 Å². The van der Waals surface area contributed by atoms with Crippen LogP contribution in [-0.4, -0.2) is 27.7 Å². The number of carbonyl (C=O) groups is 3. The number of hydrogen-bond acceptors (Lipinski definition) is 4. The Labute approximate surface area is 110 Å². The van der Waals surface area contributed by atoms with E-state index in [1.54, 1.807) is 0 Å². The van der Waals surface area contributed by atoms with Crippen molar-refractivity contribution in [3.05, 3.63) is 29.8 Å². The maximum atomic E-state index is 11.7. The van der Waals surface area contributed by atoms with Crippen molar-refractivity contribution in [2.24, 2.45) is 0 Å². The number of rotatable bonds is 6. The number of benzene rings is 1. The summed E-state index contributed by atoms with van der Waals surface area (Å²) in [6, 6.07) is 5.66. The van der Waals surface area contributed by atoms with Gasteiger partial charge in [-0.25, -0.2) is 0 Å². The standard InChI is InChI=1S/C14H16O5/c1-9(15)7-12(17)8-14(2,13(18)19)10-3-5-11(16)6-4-10/h3-6,16H,7-8H2,1-2H3,(H,18,19). The quantitative estimate of drug-likeness (QED) is 0.762. The van der Waals surface area contributed by atoms with Crippen molar-refractivity contribution in [1.29, 1.82) is 0 Å². The third-order valence-electron chi connectivity index (χ3n) is 2.97. The molecule has 5 nitrogen and oxygen atoms in total. The van der Waals surface area contributed by atoms with E-state index in [4.69, 9.17) is 0 Å². The molecule has 0 radical (unpaired) electrons. The van der Waals surface area contributed by atoms with E-state index >= 15 is 0 Å². The van der Waals surface area contributed by atoms with Gasteiger partial charge in [0.1, 0.15) is 17.3 Å². The smallest absolute Gasteiger partial charge is 0.314 e. The molecule has 0 aliphatic heterocycles. The van der Waals surface area contributed by atoms with Gasteiger partial charge in [-0.05, 0) is 31.5 Å². The largest absolute Gasteiger partial charge is 0.508 e. The van der Waals surface area contributed by atoms with Gasteiger partial charge in [0.25, 0.3) is 0 Å². The number of carbonyl (C=O) groups excluding carboxylic acids is 2. The fourth-order valence-electron chi connectivity index (χ4n) is 1.86. The van der Waals surface area contributed by atoms with Crippen LogP contribution in [0.2, 0.25) is 0 Å². The van der Waals surface area contributed by atoms with E-state index in [9.17, 15) is 24.6 Å². The van der Waals surface area contributed by atoms with Crippen molar-refractivity contribution in [3.8, 4) is 5.75 Å². The van der Waals surface area contributed by atoms with E-state index < -0.39 is 17.2 Å². The van der Waals surface area contributed by atoms with Gasteiger partial charge in [-0.1, -0.05) is 12.1 Å². The highest BCUT2D eigenvalue weighted by Gasteiger charge is 2.37. The topological polar surface area (TPSA) is 91.7 Å². The minimum Gasteiger partial charge on any atom is -0.508 e. The summed E-state index contributed by atoms with van der Waals surface area (Å²) in [6.07, 6.45) is -0.520. The molecule has 0 bridgehead atoms. The van der Waals surface area contributed by atoms with Crippen molar-refractivity contribution in [2.75, 3.05) is 0 Å². The van der Waals surface area contributed by atoms with Gasteiger partial charge in [0.05, 0.1) is 11.8 Å². The minimum absolute atomic E-state index is 0.0200. The predicted octanol–water partition coefficient (Wildman–Crippen LogP) is 1.67. The first-order valence-electron chi connectivity index (χ1n) is 5.80. The molecule has 0 saturated heterocycles. The van der Waals surface area contributed by atoms with Gasteiger partial charge < -0.3 is 10.2 Å². The highest BCUT2D eigenvalue weighted by atomic mass is 16.4. The molecule has 0 saturated carbocycles. The molecule has 1 unspecified atom stereocenters. The molecule has 0 spiro atoms. The number of aliphatic carboxylic acids is 1. The Balaban J connectivity index is 3.04. The molecule has 1 rings (SSSR count). The minimum atomic E-state index is -1.40. The van der Waals surface area contributed by atoms with Crippen LogP contribution in [0.15, 0.2) is 24.3 Å². The zero-order valence-corrected chi connectivity index (χ0v) is 10.8. The Bertz CT molecular complexity index is 503. The molecule has 0 fully saturated rings. The normalized spacial score (nSPS) is 13.6. The first-order valence-corrected chi connectivity index (χ1v) is 5.80. The molecule has 0 aliphatic rings. The van der Waals surface area contributed by atoms with Gasteiger partial charge in [-0.2, -0.15) is 0 Å². The Morgan fingerprint density at radius 3 is 2.11 bits per heavy atom. The lowest BCUT2D eigenvalue weighted by molar-refractivity contribution is -0.145. The third-order valence-corrected chi connectivity index (χ3v) is 2.97. The summed E-state index contributed by atoms with van der Waals surface area (Å²) in [7, 11) is 0. The van der Waals surface area contributed by atoms with Crippen LogP contribution in [0.1, 0.15) is 32.3 Å². The zero-order valence-electron chi connectivity index (χ0n) is 10.8. The molecule has 19 heavy (non-hydrogen) atoms. The van der Waals surface area contributed by atoms with Crippen molar-refractivity contribution in [2.45, 2.75) is 32.1 Å². The number of carboxylic acids is 1. The first kappa shape index (κ1) is 14.9. The molecule has 5 heteroatoms. The Kier molecular flexibility index (Phi) is 4.43. The first-order chi connectivity index (χ1) is 8.75. The molecule has 1 atom stereocenters. The van der Waals surface area contributed by atoms with Crippen LogP contribution in [0.3, 0.4) is 0 Å². The summed E-state index contributed by atoms with van der Waals surface area (Å²) in [5, 5.41) is 18.5. The van der Waals surface area contributed by atoms with Gasteiger partial charge in [-0.15, -0.1) is 0 Å². The van der Waals surface area contributed by atoms with Crippen molar-refractivity contribution in [3.63, 3.8) is 0 Å². The van der Waals surface area contributed by atoms with Crippen molar-refractivity contribution >= 4 is 17.5 Å². The second-order valence-corrected chi connectivity index (χ2v) is 4.78. The molecular weight excluding hydrogens is 248 g/mol. The highest BCUT2D eigenvalue weighted by molar-refractivity contribution is 6.00. The van der Waals surface area contributed by atoms with Gasteiger partial charge in [-0.3, -0.25) is 14.4 Å². The molecule has 2 N–H and O–H groups in total. The van der Waals surface area contributed by atoms with Crippen molar-refractivity contribution in [1.82, 2.24) is 0 Å². The van der Waals surface area contributed by atoms with Crippen molar-refractivity contribution < 1.29 is 24.6 Å². The van der Waals surface area contributed by atoms with E-state index in [1.165, 1.54) is 38.1 Å². The summed E-state index contributed by atoms with van der Waals surface area (Å²) < 4.78 is 0. The number of carboxylic acid groups (broad SMARTS) is 1. The number of phenolic OH excluding ortho intramolecular Hbond substituents is 1. The number of phenols is 1. The van der Waals surface area contributed by atoms with Crippen LogP contribution < -0.4 is 0 Å². The lowest BCUT2D eigenvalue weighted by Crippen LogP contribution is -2.35. The van der Waals surface area contributed by atoms with Gasteiger partial charge in [0, 0.05) is 6.42 Å². The summed E-state index contributed by atoms with van der Waals surface area (Å²) >= 11 is 0. The predicted molar refractivity (Wildman–Crippen MR) is 68.0 cm³/mol. The Hall–Kier alpha value is -2.17. The van der Waals surface area contributed by atoms with Gasteiger partial charge in [0.15, 0.2) is 0 Å². The number of aromatic hydroxyl groups is 1. The van der Waals surface area contributed by atoms with Crippen LogP contribution >= 0.6 is 0 Å². The summed E-state index contributed by atoms with van der Waals surface area (Å²) in [5.41, 5.74) is -0.991. The number of Topliss-reactive ketones (excluding diaryl/α,β-unsaturated/α-hetero) is 2. The lowest BCUT2D eigenvalue weighted by Gasteiger charge is -2.24. The average molecular weight is 264 g/mol. The Morgan fingerprint density at radius 2 is 1.68 bits per heavy atom. The van der Waals surface area contributed by atoms with Crippen LogP contribution in [0, 0.1) is 0 Å². The second-order valence-electron chi connectivity index (χ2n) is 4.78. The average Bonchev–Trinajstić information content (AvgIpc) is 2.27. The van der Waals surface area contributed by atoms with E-state index in [-0.39, 0.29) is 24.4 Å². The lowest BCUT2D eigenvalue weighted by atomic mass is 9.77. The van der Waals surface area contributed by atoms with E-state index in [2.05, 4.69) is 0 Å². The van der Waals surface area contributed by atoms with E-state index in [0.717, 1.165) is 0 Å². The molecule has 0 amide bonds. The van der Waals surface area contributed by atoms with Crippen LogP contribution in [0.5, 0.6) is 5.75 Å². The molecule has 1 aromatic rings. The fraction of sp³-hybridized carbons (Fsp3) is 0.357. The molecule has 102 valence electrons. The molecule has 1 aromatic carbocycles. The second kappa shape index (κ2) is 5.65. The van der Waals surface area contributed by atoms with E-state index in [1.807, 2.05) is 0 Å². The summed E-state index contributed by atoms with van der Waals surface area (Å²) in [5.74, 6) is -1.82. The van der Waals surface area contributed by atoms with E-state index in [0.29, 0.717) is 5.56 Å². The third kappa shape index (κ3) is 3.64.